The molecule has 0 unspecified atom stereocenters. The van der Waals surface area contributed by atoms with E-state index in [2.05, 4.69) is 30.4 Å². The fourth-order valence-electron chi connectivity index (χ4n) is 1.45. The van der Waals surface area contributed by atoms with E-state index in [1.54, 1.807) is 0 Å². The summed E-state index contributed by atoms with van der Waals surface area (Å²) in [6, 6.07) is 8.16. The van der Waals surface area contributed by atoms with Crippen molar-refractivity contribution in [1.82, 2.24) is 5.32 Å². The lowest BCUT2D eigenvalue weighted by molar-refractivity contribution is 0.388. The van der Waals surface area contributed by atoms with Crippen LogP contribution in [0.1, 0.15) is 12.0 Å². The average Bonchev–Trinajstić information content (AvgIpc) is 2.23. The maximum absolute atomic E-state index is 5.73. The van der Waals surface area contributed by atoms with E-state index in [0.717, 1.165) is 31.0 Å². The van der Waals surface area contributed by atoms with Gasteiger partial charge in [0.15, 0.2) is 0 Å². The molecule has 2 heteroatoms. The van der Waals surface area contributed by atoms with Crippen LogP contribution in [-0.2, 0) is 0 Å². The van der Waals surface area contributed by atoms with Gasteiger partial charge in [0.25, 0.3) is 0 Å². The summed E-state index contributed by atoms with van der Waals surface area (Å²) < 4.78 is 5.73. The first-order chi connectivity index (χ1) is 6.84. The molecule has 0 aliphatic carbocycles. The highest BCUT2D eigenvalue weighted by molar-refractivity contribution is 5.28. The van der Waals surface area contributed by atoms with Gasteiger partial charge in [-0.05, 0) is 25.1 Å². The summed E-state index contributed by atoms with van der Waals surface area (Å²) in [5.74, 6) is 2.01. The molecule has 0 saturated heterocycles. The molecule has 0 amide bonds. The van der Waals surface area contributed by atoms with Crippen LogP contribution in [0.15, 0.2) is 36.1 Å². The smallest absolute Gasteiger partial charge is 0.126 e. The highest BCUT2D eigenvalue weighted by Crippen LogP contribution is 2.16. The van der Waals surface area contributed by atoms with E-state index in [4.69, 9.17) is 4.74 Å². The summed E-state index contributed by atoms with van der Waals surface area (Å²) >= 11 is 0. The summed E-state index contributed by atoms with van der Waals surface area (Å²) in [5.41, 5.74) is 1.26. The van der Waals surface area contributed by atoms with Crippen molar-refractivity contribution >= 4 is 0 Å². The van der Waals surface area contributed by atoms with Gasteiger partial charge in [-0.25, -0.2) is 0 Å². The number of benzene rings is 1. The van der Waals surface area contributed by atoms with E-state index < -0.39 is 0 Å². The zero-order valence-electron chi connectivity index (χ0n) is 8.42. The minimum atomic E-state index is 0.918. The van der Waals surface area contributed by atoms with Crippen LogP contribution in [0.5, 0.6) is 5.75 Å². The molecule has 0 spiro atoms. The fourth-order valence-corrected chi connectivity index (χ4v) is 1.45. The molecule has 0 atom stereocenters. The molecule has 0 aromatic heterocycles. The summed E-state index contributed by atoms with van der Waals surface area (Å²) in [4.78, 5) is 0. The Bertz CT molecular complexity index is 327. The van der Waals surface area contributed by atoms with Gasteiger partial charge in [-0.2, -0.15) is 0 Å². The molecule has 0 saturated carbocycles. The quantitative estimate of drug-likeness (QED) is 0.770. The molecule has 1 aromatic rings. The fraction of sp³-hybridized carbons (Fsp3) is 0.333. The van der Waals surface area contributed by atoms with Gasteiger partial charge < -0.3 is 10.1 Å². The predicted octanol–water partition coefficient (Wildman–Crippen LogP) is 2.25. The third-order valence-corrected chi connectivity index (χ3v) is 2.29. The summed E-state index contributed by atoms with van der Waals surface area (Å²) in [5, 5.41) is 3.25. The Morgan fingerprint density at radius 1 is 1.21 bits per heavy atom. The molecule has 14 heavy (non-hydrogen) atoms. The number of hydrogen-bond donors (Lipinski definition) is 1. The van der Waals surface area contributed by atoms with E-state index in [1.807, 2.05) is 12.1 Å². The van der Waals surface area contributed by atoms with Crippen molar-refractivity contribution in [2.75, 3.05) is 13.1 Å². The van der Waals surface area contributed by atoms with Crippen LogP contribution in [0.4, 0.5) is 0 Å². The molecule has 1 aliphatic heterocycles. The van der Waals surface area contributed by atoms with Gasteiger partial charge in [0.1, 0.15) is 11.5 Å². The largest absolute Gasteiger partial charge is 0.462 e. The molecule has 1 heterocycles. The minimum absolute atomic E-state index is 0.918. The van der Waals surface area contributed by atoms with Crippen molar-refractivity contribution in [2.24, 2.45) is 0 Å². The first-order valence-corrected chi connectivity index (χ1v) is 4.99. The summed E-state index contributed by atoms with van der Waals surface area (Å²) in [7, 11) is 0. The van der Waals surface area contributed by atoms with Crippen molar-refractivity contribution in [3.63, 3.8) is 0 Å². The van der Waals surface area contributed by atoms with E-state index in [9.17, 15) is 0 Å². The molecule has 1 aliphatic rings. The zero-order chi connectivity index (χ0) is 9.80. The number of nitrogens with one attached hydrogen (secondary N) is 1. The van der Waals surface area contributed by atoms with Gasteiger partial charge in [-0.15, -0.1) is 0 Å². The lowest BCUT2D eigenvalue weighted by Gasteiger charge is -2.14. The summed E-state index contributed by atoms with van der Waals surface area (Å²) in [6.07, 6.45) is 3.08. The highest BCUT2D eigenvalue weighted by atomic mass is 16.5. The van der Waals surface area contributed by atoms with Crippen LogP contribution in [0, 0.1) is 6.92 Å². The van der Waals surface area contributed by atoms with Crippen molar-refractivity contribution in [3.8, 4) is 5.75 Å². The monoisotopic (exact) mass is 189 g/mol. The highest BCUT2D eigenvalue weighted by Gasteiger charge is 2.04. The first-order valence-electron chi connectivity index (χ1n) is 4.99. The number of rotatable bonds is 2. The molecule has 74 valence electrons. The van der Waals surface area contributed by atoms with Crippen molar-refractivity contribution in [1.29, 1.82) is 0 Å². The Hall–Kier alpha value is -1.28. The Kier molecular flexibility index (Phi) is 2.84. The van der Waals surface area contributed by atoms with Gasteiger partial charge in [-0.1, -0.05) is 17.7 Å². The van der Waals surface area contributed by atoms with E-state index in [1.165, 1.54) is 5.56 Å². The second-order valence-corrected chi connectivity index (χ2v) is 3.54. The molecule has 0 bridgehead atoms. The predicted molar refractivity (Wildman–Crippen MR) is 57.4 cm³/mol. The Morgan fingerprint density at radius 3 is 2.64 bits per heavy atom. The van der Waals surface area contributed by atoms with Crippen LogP contribution in [0.25, 0.3) is 0 Å². The Labute approximate surface area is 84.6 Å². The van der Waals surface area contributed by atoms with E-state index >= 15 is 0 Å². The second kappa shape index (κ2) is 4.29. The maximum Gasteiger partial charge on any atom is 0.126 e. The Balaban J connectivity index is 2.03. The molecular weight excluding hydrogens is 174 g/mol. The number of aryl methyl sites for hydroxylation is 1. The third-order valence-electron chi connectivity index (χ3n) is 2.29. The van der Waals surface area contributed by atoms with E-state index in [-0.39, 0.29) is 0 Å². The molecule has 2 rings (SSSR count). The molecule has 1 aromatic carbocycles. The third kappa shape index (κ3) is 2.36. The van der Waals surface area contributed by atoms with E-state index in [0.29, 0.717) is 0 Å². The lowest BCUT2D eigenvalue weighted by atomic mass is 10.2. The molecule has 0 radical (unpaired) electrons. The van der Waals surface area contributed by atoms with Crippen LogP contribution in [0.3, 0.4) is 0 Å². The zero-order valence-corrected chi connectivity index (χ0v) is 8.42. The van der Waals surface area contributed by atoms with Crippen molar-refractivity contribution in [2.45, 2.75) is 13.3 Å². The van der Waals surface area contributed by atoms with Crippen molar-refractivity contribution < 1.29 is 4.74 Å². The van der Waals surface area contributed by atoms with Crippen LogP contribution in [0.2, 0.25) is 0 Å². The first kappa shape index (κ1) is 9.28. The molecule has 1 N–H and O–H groups in total. The van der Waals surface area contributed by atoms with Gasteiger partial charge in [-0.3, -0.25) is 0 Å². The van der Waals surface area contributed by atoms with Crippen LogP contribution < -0.4 is 10.1 Å². The average molecular weight is 189 g/mol. The van der Waals surface area contributed by atoms with Gasteiger partial charge in [0.05, 0.1) is 0 Å². The molecule has 0 fully saturated rings. The lowest BCUT2D eigenvalue weighted by Crippen LogP contribution is -2.22. The Morgan fingerprint density at radius 2 is 2.00 bits per heavy atom. The van der Waals surface area contributed by atoms with Crippen molar-refractivity contribution in [3.05, 3.63) is 41.7 Å². The number of hydrogen-bond acceptors (Lipinski definition) is 2. The molecular formula is C12H15NO. The van der Waals surface area contributed by atoms with Gasteiger partial charge in [0.2, 0.25) is 0 Å². The normalized spacial score (nSPS) is 16.2. The van der Waals surface area contributed by atoms with Gasteiger partial charge in [0, 0.05) is 19.5 Å². The second-order valence-electron chi connectivity index (χ2n) is 3.54. The SMILES string of the molecule is Cc1ccc(OC2=CCNCC2)cc1. The molecule has 2 nitrogen and oxygen atoms in total. The topological polar surface area (TPSA) is 21.3 Å². The van der Waals surface area contributed by atoms with Crippen LogP contribution >= 0.6 is 0 Å². The van der Waals surface area contributed by atoms with Gasteiger partial charge >= 0.3 is 0 Å². The minimum Gasteiger partial charge on any atom is -0.462 e. The maximum atomic E-state index is 5.73. The summed E-state index contributed by atoms with van der Waals surface area (Å²) in [6.45, 7) is 4.01. The van der Waals surface area contributed by atoms with Crippen LogP contribution in [-0.4, -0.2) is 13.1 Å². The standard InChI is InChI=1S/C12H15NO/c1-10-2-4-11(5-3-10)14-12-6-8-13-9-7-12/h2-6,13H,7-9H2,1H3. The number of ether oxygens (including phenoxy) is 1.